The zero-order valence-electron chi connectivity index (χ0n) is 6.86. The number of hydrogen-bond donors (Lipinski definition) is 0. The van der Waals surface area contributed by atoms with E-state index in [1.54, 1.807) is 12.4 Å². The van der Waals surface area contributed by atoms with Gasteiger partial charge in [0, 0.05) is 30.4 Å². The fourth-order valence-electron chi connectivity index (χ4n) is 1.08. The lowest BCUT2D eigenvalue weighted by atomic mass is 10.3. The third-order valence-electron chi connectivity index (χ3n) is 1.75. The minimum absolute atomic E-state index is 0.873. The van der Waals surface area contributed by atoms with E-state index in [-0.39, 0.29) is 0 Å². The molecule has 0 atom stereocenters. The lowest BCUT2D eigenvalue weighted by molar-refractivity contribution is 0.960. The molecule has 0 N–H and O–H groups in total. The molecule has 0 aromatic carbocycles. The molecule has 2 heterocycles. The molecule has 60 valence electrons. The van der Waals surface area contributed by atoms with Gasteiger partial charge in [-0.3, -0.25) is 4.98 Å². The van der Waals surface area contributed by atoms with Crippen molar-refractivity contribution in [2.45, 2.75) is 13.3 Å². The molecule has 0 bridgehead atoms. The number of aromatic nitrogens is 3. The van der Waals surface area contributed by atoms with Crippen LogP contribution < -0.4 is 0 Å². The van der Waals surface area contributed by atoms with Crippen LogP contribution in [0.2, 0.25) is 0 Å². The molecule has 2 aromatic heterocycles. The minimum Gasteiger partial charge on any atom is -0.264 e. The first-order chi connectivity index (χ1) is 5.90. The first-order valence-corrected chi connectivity index (χ1v) is 3.96. The molecule has 0 aliphatic carbocycles. The van der Waals surface area contributed by atoms with E-state index >= 15 is 0 Å². The average molecular weight is 159 g/mol. The van der Waals surface area contributed by atoms with Gasteiger partial charge in [0.05, 0.1) is 5.52 Å². The fraction of sp³-hybridized carbons (Fsp3) is 0.222. The Labute approximate surface area is 70.5 Å². The first-order valence-electron chi connectivity index (χ1n) is 3.96. The summed E-state index contributed by atoms with van der Waals surface area (Å²) in [6.07, 6.45) is 6.20. The molecule has 0 saturated carbocycles. The summed E-state index contributed by atoms with van der Waals surface area (Å²) in [7, 11) is 0. The third-order valence-corrected chi connectivity index (χ3v) is 1.75. The van der Waals surface area contributed by atoms with Crippen molar-refractivity contribution in [1.29, 1.82) is 0 Å². The van der Waals surface area contributed by atoms with Crippen LogP contribution in [0.25, 0.3) is 10.9 Å². The van der Waals surface area contributed by atoms with E-state index in [1.165, 1.54) is 0 Å². The summed E-state index contributed by atoms with van der Waals surface area (Å²) in [4.78, 5) is 12.5. The van der Waals surface area contributed by atoms with Crippen molar-refractivity contribution >= 4 is 10.9 Å². The molecule has 0 fully saturated rings. The molecule has 12 heavy (non-hydrogen) atoms. The van der Waals surface area contributed by atoms with E-state index in [1.807, 2.05) is 19.2 Å². The summed E-state index contributed by atoms with van der Waals surface area (Å²) < 4.78 is 0. The number of aryl methyl sites for hydroxylation is 1. The Balaban J connectivity index is 2.67. The van der Waals surface area contributed by atoms with E-state index < -0.39 is 0 Å². The van der Waals surface area contributed by atoms with Crippen molar-refractivity contribution in [3.05, 3.63) is 30.5 Å². The summed E-state index contributed by atoms with van der Waals surface area (Å²) in [6, 6.07) is 1.90. The van der Waals surface area contributed by atoms with Crippen molar-refractivity contribution in [2.24, 2.45) is 0 Å². The maximum atomic E-state index is 4.34. The summed E-state index contributed by atoms with van der Waals surface area (Å²) >= 11 is 0. The van der Waals surface area contributed by atoms with Crippen LogP contribution >= 0.6 is 0 Å². The SMILES string of the molecule is CCc1ncc2cnccc2n1. The summed E-state index contributed by atoms with van der Waals surface area (Å²) in [5.41, 5.74) is 0.969. The van der Waals surface area contributed by atoms with Crippen LogP contribution in [0.1, 0.15) is 12.7 Å². The van der Waals surface area contributed by atoms with Gasteiger partial charge < -0.3 is 0 Å². The molecular formula is C9H9N3. The van der Waals surface area contributed by atoms with Gasteiger partial charge in [-0.05, 0) is 6.07 Å². The van der Waals surface area contributed by atoms with Crippen LogP contribution in [-0.4, -0.2) is 15.0 Å². The normalized spacial score (nSPS) is 10.4. The van der Waals surface area contributed by atoms with Crippen LogP contribution in [0.15, 0.2) is 24.7 Å². The Kier molecular flexibility index (Phi) is 1.70. The minimum atomic E-state index is 0.873. The highest BCUT2D eigenvalue weighted by molar-refractivity contribution is 5.75. The Morgan fingerprint density at radius 1 is 1.33 bits per heavy atom. The lowest BCUT2D eigenvalue weighted by Crippen LogP contribution is -1.92. The Morgan fingerprint density at radius 2 is 2.25 bits per heavy atom. The number of hydrogen-bond acceptors (Lipinski definition) is 3. The van der Waals surface area contributed by atoms with Gasteiger partial charge in [-0.25, -0.2) is 9.97 Å². The molecule has 0 aliphatic heterocycles. The highest BCUT2D eigenvalue weighted by Gasteiger charge is 1.95. The summed E-state index contributed by atoms with van der Waals surface area (Å²) in [5, 5.41) is 0.995. The maximum Gasteiger partial charge on any atom is 0.128 e. The van der Waals surface area contributed by atoms with Gasteiger partial charge in [0.15, 0.2) is 0 Å². The third kappa shape index (κ3) is 1.13. The van der Waals surface area contributed by atoms with Crippen molar-refractivity contribution in [3.8, 4) is 0 Å². The van der Waals surface area contributed by atoms with Crippen molar-refractivity contribution in [2.75, 3.05) is 0 Å². The van der Waals surface area contributed by atoms with Crippen LogP contribution in [0.5, 0.6) is 0 Å². The van der Waals surface area contributed by atoms with Gasteiger partial charge in [-0.15, -0.1) is 0 Å². The van der Waals surface area contributed by atoms with Gasteiger partial charge in [0.2, 0.25) is 0 Å². The second-order valence-electron chi connectivity index (χ2n) is 2.57. The molecule has 3 nitrogen and oxygen atoms in total. The molecule has 3 heteroatoms. The van der Waals surface area contributed by atoms with E-state index in [4.69, 9.17) is 0 Å². The van der Waals surface area contributed by atoms with E-state index in [0.29, 0.717) is 0 Å². The molecular weight excluding hydrogens is 150 g/mol. The molecule has 2 rings (SSSR count). The average Bonchev–Trinajstić information content (AvgIpc) is 2.17. The van der Waals surface area contributed by atoms with Crippen LogP contribution in [-0.2, 0) is 6.42 Å². The maximum absolute atomic E-state index is 4.34. The lowest BCUT2D eigenvalue weighted by Gasteiger charge is -1.97. The van der Waals surface area contributed by atoms with Crippen molar-refractivity contribution in [1.82, 2.24) is 15.0 Å². The van der Waals surface area contributed by atoms with Gasteiger partial charge >= 0.3 is 0 Å². The molecule has 0 radical (unpaired) electrons. The number of pyridine rings is 1. The molecule has 0 spiro atoms. The molecule has 0 amide bonds. The Hall–Kier alpha value is -1.51. The predicted molar refractivity (Wildman–Crippen MR) is 46.7 cm³/mol. The van der Waals surface area contributed by atoms with E-state index in [9.17, 15) is 0 Å². The summed E-state index contributed by atoms with van der Waals surface area (Å²) in [6.45, 7) is 2.04. The predicted octanol–water partition coefficient (Wildman–Crippen LogP) is 1.59. The highest BCUT2D eigenvalue weighted by atomic mass is 14.9. The van der Waals surface area contributed by atoms with Gasteiger partial charge in [-0.1, -0.05) is 6.92 Å². The van der Waals surface area contributed by atoms with Gasteiger partial charge in [0.1, 0.15) is 5.82 Å². The highest BCUT2D eigenvalue weighted by Crippen LogP contribution is 2.07. The molecule has 0 aliphatic rings. The number of nitrogens with zero attached hydrogens (tertiary/aromatic N) is 3. The van der Waals surface area contributed by atoms with E-state index in [2.05, 4.69) is 15.0 Å². The Bertz CT molecular complexity index is 398. The summed E-state index contributed by atoms with van der Waals surface area (Å²) in [5.74, 6) is 0.883. The van der Waals surface area contributed by atoms with Crippen molar-refractivity contribution < 1.29 is 0 Å². The van der Waals surface area contributed by atoms with Crippen LogP contribution in [0.4, 0.5) is 0 Å². The molecule has 2 aromatic rings. The van der Waals surface area contributed by atoms with Crippen molar-refractivity contribution in [3.63, 3.8) is 0 Å². The standard InChI is InChI=1S/C9H9N3/c1-2-9-11-6-7-5-10-4-3-8(7)12-9/h3-6H,2H2,1H3. The molecule has 0 saturated heterocycles. The zero-order valence-corrected chi connectivity index (χ0v) is 6.86. The zero-order chi connectivity index (χ0) is 8.39. The quantitative estimate of drug-likeness (QED) is 0.634. The topological polar surface area (TPSA) is 38.7 Å². The second-order valence-corrected chi connectivity index (χ2v) is 2.57. The van der Waals surface area contributed by atoms with Gasteiger partial charge in [0.25, 0.3) is 0 Å². The van der Waals surface area contributed by atoms with Crippen LogP contribution in [0.3, 0.4) is 0 Å². The number of fused-ring (bicyclic) bond motifs is 1. The fourth-order valence-corrected chi connectivity index (χ4v) is 1.08. The molecule has 0 unspecified atom stereocenters. The first kappa shape index (κ1) is 7.16. The smallest absolute Gasteiger partial charge is 0.128 e. The Morgan fingerprint density at radius 3 is 3.08 bits per heavy atom. The monoisotopic (exact) mass is 159 g/mol. The van der Waals surface area contributed by atoms with E-state index in [0.717, 1.165) is 23.1 Å². The van der Waals surface area contributed by atoms with Crippen LogP contribution in [0, 0.1) is 0 Å². The second kappa shape index (κ2) is 2.85. The number of rotatable bonds is 1. The largest absolute Gasteiger partial charge is 0.264 e. The van der Waals surface area contributed by atoms with Gasteiger partial charge in [-0.2, -0.15) is 0 Å².